The van der Waals surface area contributed by atoms with Crippen LogP contribution >= 0.6 is 11.6 Å². The lowest BCUT2D eigenvalue weighted by Crippen LogP contribution is -2.31. The van der Waals surface area contributed by atoms with Gasteiger partial charge in [0.15, 0.2) is 0 Å². The fraction of sp³-hybridized carbons (Fsp3) is 0.344. The second-order valence-corrected chi connectivity index (χ2v) is 10.8. The summed E-state index contributed by atoms with van der Waals surface area (Å²) in [4.78, 5) is 17.6. The Morgan fingerprint density at radius 3 is 2.54 bits per heavy atom. The highest BCUT2D eigenvalue weighted by atomic mass is 35.5. The summed E-state index contributed by atoms with van der Waals surface area (Å²) in [6.45, 7) is 2.89. The van der Waals surface area contributed by atoms with Gasteiger partial charge in [0.2, 0.25) is 0 Å². The second-order valence-electron chi connectivity index (χ2n) is 10.4. The second kappa shape index (κ2) is 13.9. The summed E-state index contributed by atoms with van der Waals surface area (Å²) in [5.74, 6) is -0.179. The van der Waals surface area contributed by atoms with E-state index in [0.29, 0.717) is 22.3 Å². The third-order valence-corrected chi connectivity index (χ3v) is 7.29. The number of nitrogens with zero attached hydrogens (tertiary/aromatic N) is 1. The van der Waals surface area contributed by atoms with Crippen LogP contribution in [0.2, 0.25) is 5.02 Å². The van der Waals surface area contributed by atoms with Gasteiger partial charge in [0.05, 0.1) is 11.7 Å². The van der Waals surface area contributed by atoms with Crippen LogP contribution in [0.15, 0.2) is 77.8 Å². The molecule has 5 nitrogen and oxygen atoms in total. The number of anilines is 1. The highest BCUT2D eigenvalue weighted by Crippen LogP contribution is 2.33. The van der Waals surface area contributed by atoms with Crippen LogP contribution in [0, 0.1) is 11.3 Å². The number of carbonyl (C=O) groups excluding carboxylic acids is 1. The van der Waals surface area contributed by atoms with E-state index >= 15 is 0 Å². The van der Waals surface area contributed by atoms with Gasteiger partial charge in [-0.2, -0.15) is 13.2 Å². The SMILES string of the molecule is CCCCc1cccc(N=C(CC(=N)C(F)(F)F)C(=O)Nc2cccc(C(NCC3CC3)c3ccccc3Cl)c2)c1. The Morgan fingerprint density at radius 1 is 1.07 bits per heavy atom. The van der Waals surface area contributed by atoms with Gasteiger partial charge in [0, 0.05) is 17.1 Å². The molecule has 41 heavy (non-hydrogen) atoms. The molecule has 3 aromatic rings. The lowest BCUT2D eigenvalue weighted by Gasteiger charge is -2.22. The highest BCUT2D eigenvalue weighted by molar-refractivity contribution is 6.46. The van der Waals surface area contributed by atoms with Gasteiger partial charge in [-0.25, -0.2) is 4.99 Å². The first-order chi connectivity index (χ1) is 19.6. The molecule has 1 atom stereocenters. The zero-order valence-electron chi connectivity index (χ0n) is 22.9. The molecule has 0 saturated heterocycles. The molecule has 0 heterocycles. The molecule has 1 amide bonds. The minimum Gasteiger partial charge on any atom is -0.321 e. The van der Waals surface area contributed by atoms with Gasteiger partial charge in [-0.3, -0.25) is 4.79 Å². The van der Waals surface area contributed by atoms with Crippen molar-refractivity contribution in [1.82, 2.24) is 5.32 Å². The predicted octanol–water partition coefficient (Wildman–Crippen LogP) is 8.45. The fourth-order valence-corrected chi connectivity index (χ4v) is 4.72. The van der Waals surface area contributed by atoms with E-state index in [9.17, 15) is 18.0 Å². The van der Waals surface area contributed by atoms with Crippen LogP contribution in [0.25, 0.3) is 0 Å². The third kappa shape index (κ3) is 9.00. The van der Waals surface area contributed by atoms with Gasteiger partial charge >= 0.3 is 6.18 Å². The van der Waals surface area contributed by atoms with Gasteiger partial charge in [-0.1, -0.05) is 67.4 Å². The maximum Gasteiger partial charge on any atom is 0.429 e. The van der Waals surface area contributed by atoms with Crippen molar-refractivity contribution < 1.29 is 18.0 Å². The number of amides is 1. The minimum atomic E-state index is -4.86. The van der Waals surface area contributed by atoms with Gasteiger partial charge in [0.25, 0.3) is 5.91 Å². The number of alkyl halides is 3. The van der Waals surface area contributed by atoms with E-state index in [0.717, 1.165) is 42.5 Å². The first kappa shape index (κ1) is 30.5. The van der Waals surface area contributed by atoms with E-state index in [4.69, 9.17) is 17.0 Å². The molecule has 1 saturated carbocycles. The predicted molar refractivity (Wildman–Crippen MR) is 160 cm³/mol. The average Bonchev–Trinajstić information content (AvgIpc) is 3.77. The smallest absolute Gasteiger partial charge is 0.321 e. The van der Waals surface area contributed by atoms with Gasteiger partial charge in [-0.05, 0) is 85.2 Å². The molecular formula is C32H34ClF3N4O. The fourth-order valence-electron chi connectivity index (χ4n) is 4.48. The number of nitrogens with one attached hydrogen (secondary N) is 3. The molecule has 0 bridgehead atoms. The Labute approximate surface area is 243 Å². The molecule has 1 fully saturated rings. The van der Waals surface area contributed by atoms with Crippen LogP contribution in [0.1, 0.15) is 61.8 Å². The number of aryl methyl sites for hydroxylation is 1. The number of benzene rings is 3. The number of aliphatic imine (C=N–C) groups is 1. The summed E-state index contributed by atoms with van der Waals surface area (Å²) in [6.07, 6.45) is -0.701. The maximum absolute atomic E-state index is 13.3. The van der Waals surface area contributed by atoms with Crippen molar-refractivity contribution >= 4 is 40.3 Å². The number of rotatable bonds is 13. The molecule has 1 unspecified atom stereocenters. The van der Waals surface area contributed by atoms with E-state index in [1.807, 2.05) is 36.4 Å². The van der Waals surface area contributed by atoms with Crippen molar-refractivity contribution in [1.29, 1.82) is 5.41 Å². The van der Waals surface area contributed by atoms with E-state index in [1.54, 1.807) is 36.4 Å². The largest absolute Gasteiger partial charge is 0.429 e. The van der Waals surface area contributed by atoms with Crippen LogP contribution in [0.4, 0.5) is 24.5 Å². The summed E-state index contributed by atoms with van der Waals surface area (Å²) in [5.41, 5.74) is 1.57. The van der Waals surface area contributed by atoms with E-state index in [2.05, 4.69) is 22.5 Å². The zero-order chi connectivity index (χ0) is 29.4. The van der Waals surface area contributed by atoms with Crippen LogP contribution in [-0.4, -0.2) is 30.1 Å². The number of halogens is 4. The van der Waals surface area contributed by atoms with Gasteiger partial charge < -0.3 is 16.0 Å². The lowest BCUT2D eigenvalue weighted by atomic mass is 9.97. The molecule has 1 aliphatic rings. The molecule has 1 aliphatic carbocycles. The van der Waals surface area contributed by atoms with Crippen molar-refractivity contribution in [3.8, 4) is 0 Å². The number of carbonyl (C=O) groups is 1. The van der Waals surface area contributed by atoms with Crippen LogP contribution in [0.5, 0.6) is 0 Å². The molecular weight excluding hydrogens is 549 g/mol. The Kier molecular flexibility index (Phi) is 10.3. The van der Waals surface area contributed by atoms with Crippen LogP contribution in [-0.2, 0) is 11.2 Å². The Hall–Kier alpha value is -3.49. The quantitative estimate of drug-likeness (QED) is 0.177. The first-order valence-corrected chi connectivity index (χ1v) is 14.2. The average molecular weight is 583 g/mol. The number of hydrogen-bond donors (Lipinski definition) is 3. The summed E-state index contributed by atoms with van der Waals surface area (Å²) in [7, 11) is 0. The van der Waals surface area contributed by atoms with Crippen LogP contribution < -0.4 is 10.6 Å². The van der Waals surface area contributed by atoms with Crippen molar-refractivity contribution in [2.24, 2.45) is 10.9 Å². The molecule has 0 spiro atoms. The molecule has 4 rings (SSSR count). The molecule has 0 radical (unpaired) electrons. The topological polar surface area (TPSA) is 77.3 Å². The first-order valence-electron chi connectivity index (χ1n) is 13.8. The lowest BCUT2D eigenvalue weighted by molar-refractivity contribution is -0.110. The van der Waals surface area contributed by atoms with Gasteiger partial charge in [-0.15, -0.1) is 0 Å². The molecule has 216 valence electrons. The standard InChI is InChI=1S/C32H34ClF3N4O/c1-2-3-8-21-9-6-11-24(17-21)39-28(19-29(37)32(34,35)36)31(41)40-25-12-7-10-23(18-25)30(38-20-22-15-16-22)26-13-4-5-14-27(26)33/h4-7,9-14,17-18,22,30,37-38H,2-3,8,15-16,19-20H2,1H3,(H,40,41). The maximum atomic E-state index is 13.3. The van der Waals surface area contributed by atoms with E-state index in [1.165, 1.54) is 12.8 Å². The third-order valence-electron chi connectivity index (χ3n) is 6.94. The van der Waals surface area contributed by atoms with Crippen LogP contribution in [0.3, 0.4) is 0 Å². The minimum absolute atomic E-state index is 0.237. The highest BCUT2D eigenvalue weighted by Gasteiger charge is 2.36. The molecule has 9 heteroatoms. The summed E-state index contributed by atoms with van der Waals surface area (Å²) in [5, 5.41) is 14.4. The van der Waals surface area contributed by atoms with Crippen molar-refractivity contribution in [2.75, 3.05) is 11.9 Å². The Balaban J connectivity index is 1.61. The monoisotopic (exact) mass is 582 g/mol. The Bertz CT molecular complexity index is 1400. The summed E-state index contributed by atoms with van der Waals surface area (Å²) >= 11 is 6.53. The molecule has 3 aromatic carbocycles. The van der Waals surface area contributed by atoms with Gasteiger partial charge in [0.1, 0.15) is 11.4 Å². The van der Waals surface area contributed by atoms with E-state index in [-0.39, 0.29) is 11.8 Å². The number of unbranched alkanes of at least 4 members (excludes halogenated alkanes) is 1. The number of hydrogen-bond acceptors (Lipinski definition) is 4. The van der Waals surface area contributed by atoms with Crippen molar-refractivity contribution in [2.45, 2.75) is 57.7 Å². The molecule has 0 aliphatic heterocycles. The Morgan fingerprint density at radius 2 is 1.83 bits per heavy atom. The summed E-state index contributed by atoms with van der Waals surface area (Å²) in [6, 6.07) is 21.5. The van der Waals surface area contributed by atoms with Crippen molar-refractivity contribution in [3.05, 3.63) is 94.5 Å². The van der Waals surface area contributed by atoms with E-state index < -0.39 is 24.2 Å². The zero-order valence-corrected chi connectivity index (χ0v) is 23.7. The van der Waals surface area contributed by atoms with Crippen molar-refractivity contribution in [3.63, 3.8) is 0 Å². The molecule has 3 N–H and O–H groups in total. The normalized spacial score (nSPS) is 14.5. The molecule has 0 aromatic heterocycles. The summed E-state index contributed by atoms with van der Waals surface area (Å²) < 4.78 is 39.8.